The van der Waals surface area contributed by atoms with Crippen LogP contribution in [0, 0.1) is 0 Å². The molecule has 0 fully saturated rings. The molecule has 0 saturated heterocycles. The van der Waals surface area contributed by atoms with Crippen molar-refractivity contribution in [2.24, 2.45) is 0 Å². The number of nitrogens with one attached hydrogen (secondary N) is 1. The van der Waals surface area contributed by atoms with Gasteiger partial charge in [-0.25, -0.2) is 4.68 Å². The maximum Gasteiger partial charge on any atom is 0.225 e. The van der Waals surface area contributed by atoms with Gasteiger partial charge in [-0.3, -0.25) is 4.79 Å². The van der Waals surface area contributed by atoms with Gasteiger partial charge in [0, 0.05) is 21.9 Å². The number of rotatable bonds is 8. The van der Waals surface area contributed by atoms with Crippen LogP contribution in [-0.2, 0) is 11.3 Å². The van der Waals surface area contributed by atoms with Crippen molar-refractivity contribution < 1.29 is 4.79 Å². The van der Waals surface area contributed by atoms with Crippen molar-refractivity contribution >= 4 is 46.5 Å². The number of nitrogens with zero attached hydrogens (tertiary/aromatic N) is 4. The number of aromatic nitrogens is 4. The zero-order chi connectivity index (χ0) is 17.5. The molecule has 1 amide bonds. The summed E-state index contributed by atoms with van der Waals surface area (Å²) in [6, 6.07) is 11.9. The largest absolute Gasteiger partial charge is 0.325 e. The van der Waals surface area contributed by atoms with Crippen molar-refractivity contribution in [3.63, 3.8) is 0 Å². The van der Waals surface area contributed by atoms with Crippen LogP contribution in [0.2, 0.25) is 0 Å². The second kappa shape index (κ2) is 9.02. The third kappa shape index (κ3) is 5.07. The highest BCUT2D eigenvalue weighted by atomic mass is 32.2. The Morgan fingerprint density at radius 1 is 1.28 bits per heavy atom. The Bertz CT molecular complexity index is 819. The minimum absolute atomic E-state index is 0.00807. The van der Waals surface area contributed by atoms with E-state index in [9.17, 15) is 4.79 Å². The minimum atomic E-state index is -0.00807. The molecule has 0 aliphatic rings. The van der Waals surface area contributed by atoms with Gasteiger partial charge >= 0.3 is 0 Å². The number of carbonyl (C=O) groups is 1. The Kier molecular flexibility index (Phi) is 6.48. The average molecular weight is 392 g/mol. The van der Waals surface area contributed by atoms with Crippen molar-refractivity contribution in [3.05, 3.63) is 46.7 Å². The summed E-state index contributed by atoms with van der Waals surface area (Å²) >= 11 is 4.78. The summed E-state index contributed by atoms with van der Waals surface area (Å²) in [6.45, 7) is 0.653. The third-order valence-corrected chi connectivity index (χ3v) is 5.94. The van der Waals surface area contributed by atoms with Gasteiger partial charge in [0.2, 0.25) is 11.1 Å². The zero-order valence-corrected chi connectivity index (χ0v) is 16.0. The van der Waals surface area contributed by atoms with Crippen LogP contribution in [0.25, 0.3) is 0 Å². The first kappa shape index (κ1) is 18.0. The van der Waals surface area contributed by atoms with E-state index in [0.717, 1.165) is 15.7 Å². The first-order chi connectivity index (χ1) is 12.3. The van der Waals surface area contributed by atoms with Gasteiger partial charge in [0.25, 0.3) is 0 Å². The Hall–Kier alpha value is -1.84. The van der Waals surface area contributed by atoms with Gasteiger partial charge in [0.05, 0.1) is 12.2 Å². The maximum absolute atomic E-state index is 12.2. The number of hydrogen-bond donors (Lipinski definition) is 1. The Balaban J connectivity index is 1.50. The second-order valence-electron chi connectivity index (χ2n) is 5.05. The molecule has 0 bridgehead atoms. The molecule has 0 saturated carbocycles. The molecule has 3 aromatic rings. The van der Waals surface area contributed by atoms with Crippen LogP contribution in [0.4, 0.5) is 5.69 Å². The predicted octanol–water partition coefficient (Wildman–Crippen LogP) is 3.63. The lowest BCUT2D eigenvalue weighted by molar-refractivity contribution is -0.115. The highest BCUT2D eigenvalue weighted by molar-refractivity contribution is 7.99. The van der Waals surface area contributed by atoms with Crippen LogP contribution < -0.4 is 5.32 Å². The molecule has 9 heteroatoms. The molecule has 2 heterocycles. The van der Waals surface area contributed by atoms with E-state index in [4.69, 9.17) is 0 Å². The van der Waals surface area contributed by atoms with E-state index in [1.54, 1.807) is 27.8 Å². The summed E-state index contributed by atoms with van der Waals surface area (Å²) in [5, 5.41) is 17.5. The van der Waals surface area contributed by atoms with E-state index < -0.39 is 0 Å². The van der Waals surface area contributed by atoms with Gasteiger partial charge in [0.15, 0.2) is 0 Å². The van der Waals surface area contributed by atoms with E-state index in [0.29, 0.717) is 18.7 Å². The van der Waals surface area contributed by atoms with Crippen LogP contribution in [0.5, 0.6) is 0 Å². The van der Waals surface area contributed by atoms with E-state index in [2.05, 4.69) is 26.9 Å². The SMILES string of the molecule is CSc1ccccc1NC(=O)CCSc1nnnn1Cc1cccs1. The first-order valence-corrected chi connectivity index (χ1v) is 10.7. The van der Waals surface area contributed by atoms with E-state index in [-0.39, 0.29) is 5.91 Å². The summed E-state index contributed by atoms with van der Waals surface area (Å²) in [5.41, 5.74) is 0.854. The van der Waals surface area contributed by atoms with Crippen molar-refractivity contribution in [2.45, 2.75) is 23.0 Å². The molecule has 1 N–H and O–H groups in total. The molecule has 25 heavy (non-hydrogen) atoms. The first-order valence-electron chi connectivity index (χ1n) is 7.60. The molecule has 0 atom stereocenters. The predicted molar refractivity (Wildman–Crippen MR) is 103 cm³/mol. The number of amides is 1. The van der Waals surface area contributed by atoms with Crippen molar-refractivity contribution in [3.8, 4) is 0 Å². The van der Waals surface area contributed by atoms with Crippen molar-refractivity contribution in [1.82, 2.24) is 20.2 Å². The van der Waals surface area contributed by atoms with Gasteiger partial charge in [-0.2, -0.15) is 0 Å². The fraction of sp³-hybridized carbons (Fsp3) is 0.250. The van der Waals surface area contributed by atoms with Gasteiger partial charge in [-0.1, -0.05) is 30.0 Å². The maximum atomic E-state index is 12.2. The van der Waals surface area contributed by atoms with Crippen LogP contribution in [0.3, 0.4) is 0 Å². The lowest BCUT2D eigenvalue weighted by atomic mass is 10.3. The van der Waals surface area contributed by atoms with Crippen LogP contribution >= 0.6 is 34.9 Å². The summed E-state index contributed by atoms with van der Waals surface area (Å²) in [4.78, 5) is 14.4. The molecular weight excluding hydrogens is 374 g/mol. The fourth-order valence-electron chi connectivity index (χ4n) is 2.14. The number of thioether (sulfide) groups is 2. The quantitative estimate of drug-likeness (QED) is 0.591. The zero-order valence-electron chi connectivity index (χ0n) is 13.6. The number of thiophene rings is 1. The molecule has 2 aromatic heterocycles. The van der Waals surface area contributed by atoms with E-state index >= 15 is 0 Å². The Morgan fingerprint density at radius 2 is 2.16 bits per heavy atom. The van der Waals surface area contributed by atoms with Crippen molar-refractivity contribution in [1.29, 1.82) is 0 Å². The fourth-order valence-corrected chi connectivity index (χ4v) is 4.20. The second-order valence-corrected chi connectivity index (χ2v) is 7.99. The van der Waals surface area contributed by atoms with Gasteiger partial charge in [-0.05, 0) is 40.3 Å². The molecule has 0 radical (unpaired) electrons. The number of anilines is 1. The highest BCUT2D eigenvalue weighted by Gasteiger charge is 2.10. The average Bonchev–Trinajstić information content (AvgIpc) is 3.28. The summed E-state index contributed by atoms with van der Waals surface area (Å²) in [7, 11) is 0. The Labute approximate surface area is 158 Å². The number of para-hydroxylation sites is 1. The van der Waals surface area contributed by atoms with Crippen LogP contribution in [0.1, 0.15) is 11.3 Å². The number of carbonyl (C=O) groups excluding carboxylic acids is 1. The molecule has 3 rings (SSSR count). The van der Waals surface area contributed by atoms with Gasteiger partial charge < -0.3 is 5.32 Å². The molecule has 6 nitrogen and oxygen atoms in total. The number of tetrazole rings is 1. The summed E-state index contributed by atoms with van der Waals surface area (Å²) < 4.78 is 1.76. The van der Waals surface area contributed by atoms with Crippen LogP contribution in [-0.4, -0.2) is 38.1 Å². The van der Waals surface area contributed by atoms with Gasteiger partial charge in [-0.15, -0.1) is 28.2 Å². The normalized spacial score (nSPS) is 10.8. The van der Waals surface area contributed by atoms with E-state index in [1.165, 1.54) is 16.6 Å². The molecule has 0 unspecified atom stereocenters. The van der Waals surface area contributed by atoms with E-state index in [1.807, 2.05) is 42.0 Å². The number of benzene rings is 1. The molecule has 0 aliphatic carbocycles. The lowest BCUT2D eigenvalue weighted by Crippen LogP contribution is -2.13. The lowest BCUT2D eigenvalue weighted by Gasteiger charge is -2.09. The van der Waals surface area contributed by atoms with Crippen LogP contribution in [0.15, 0.2) is 51.8 Å². The topological polar surface area (TPSA) is 72.7 Å². The molecular formula is C16H17N5OS3. The third-order valence-electron chi connectivity index (χ3n) is 3.33. The monoisotopic (exact) mass is 391 g/mol. The number of hydrogen-bond acceptors (Lipinski definition) is 7. The Morgan fingerprint density at radius 3 is 2.96 bits per heavy atom. The summed E-state index contributed by atoms with van der Waals surface area (Å²) in [6.07, 6.45) is 2.40. The molecule has 0 spiro atoms. The molecule has 1 aromatic carbocycles. The minimum Gasteiger partial charge on any atom is -0.325 e. The summed E-state index contributed by atoms with van der Waals surface area (Å²) in [5.74, 6) is 0.615. The molecule has 130 valence electrons. The molecule has 0 aliphatic heterocycles. The smallest absolute Gasteiger partial charge is 0.225 e. The van der Waals surface area contributed by atoms with Crippen molar-refractivity contribution in [2.75, 3.05) is 17.3 Å². The van der Waals surface area contributed by atoms with Gasteiger partial charge in [0.1, 0.15) is 0 Å². The highest BCUT2D eigenvalue weighted by Crippen LogP contribution is 2.25. The standard InChI is InChI=1S/C16H17N5OS3/c1-23-14-7-3-2-6-13(14)17-15(22)8-10-25-16-18-19-20-21(16)11-12-5-4-9-24-12/h2-7,9H,8,10-11H2,1H3,(H,17,22).